The summed E-state index contributed by atoms with van der Waals surface area (Å²) < 4.78 is 67.6. The van der Waals surface area contributed by atoms with Crippen LogP contribution in [0.2, 0.25) is 5.02 Å². The summed E-state index contributed by atoms with van der Waals surface area (Å²) in [5, 5.41) is 26.2. The second-order valence-corrected chi connectivity index (χ2v) is 9.35. The van der Waals surface area contributed by atoms with Gasteiger partial charge >= 0.3 is 12.3 Å². The minimum atomic E-state index is -5.12. The van der Waals surface area contributed by atoms with Crippen LogP contribution < -0.4 is 29.5 Å². The molecule has 0 bridgehead atoms. The van der Waals surface area contributed by atoms with Crippen molar-refractivity contribution in [2.75, 3.05) is 30.5 Å². The van der Waals surface area contributed by atoms with E-state index in [1.807, 2.05) is 0 Å². The number of alkyl halides is 3. The highest BCUT2D eigenvalue weighted by atomic mass is 35.5. The van der Waals surface area contributed by atoms with Gasteiger partial charge in [0, 0.05) is 53.6 Å². The fourth-order valence-corrected chi connectivity index (χ4v) is 4.33. The van der Waals surface area contributed by atoms with E-state index in [9.17, 15) is 27.5 Å². The number of aliphatic carboxylic acids is 1. The molecule has 0 spiro atoms. The molecule has 13 heteroatoms. The van der Waals surface area contributed by atoms with Crippen LogP contribution in [0.15, 0.2) is 60.5 Å². The number of rotatable bonds is 11. The van der Waals surface area contributed by atoms with Crippen LogP contribution in [0.4, 0.5) is 28.9 Å². The molecule has 0 saturated carbocycles. The molecule has 218 valence electrons. The predicted octanol–water partition coefficient (Wildman–Crippen LogP) is 5.79. The standard InChI is InChI=1S/C28H25ClF4N2O6/c1-39-20-12-19(13-21(14-20)40-10-2-3-25(36)37)34-26(16-4-6-18(29)7-5-16)27(38)35-9-8-17-11-22(30)24(15-23(17)35)41-28(31,32)33/h4-7,11-15,34,38H,2-3,8-10H2,1H3,(H,36,37)/p-1. The van der Waals surface area contributed by atoms with Crippen LogP contribution in [-0.4, -0.2) is 37.7 Å². The lowest BCUT2D eigenvalue weighted by Crippen LogP contribution is -2.31. The van der Waals surface area contributed by atoms with Crippen LogP contribution in [0.3, 0.4) is 0 Å². The van der Waals surface area contributed by atoms with Gasteiger partial charge in [-0.2, -0.15) is 0 Å². The topological polar surface area (TPSA) is 103 Å². The maximum atomic E-state index is 14.3. The first-order valence-corrected chi connectivity index (χ1v) is 12.6. The highest BCUT2D eigenvalue weighted by Crippen LogP contribution is 2.39. The van der Waals surface area contributed by atoms with Gasteiger partial charge in [0.25, 0.3) is 0 Å². The number of fused-ring (bicyclic) bond motifs is 1. The monoisotopic (exact) mass is 595 g/mol. The molecule has 1 aliphatic rings. The molecule has 1 aliphatic heterocycles. The summed E-state index contributed by atoms with van der Waals surface area (Å²) in [5.74, 6) is -3.08. The molecule has 0 saturated heterocycles. The molecular weight excluding hydrogens is 572 g/mol. The Morgan fingerprint density at radius 3 is 2.49 bits per heavy atom. The maximum absolute atomic E-state index is 14.3. The van der Waals surface area contributed by atoms with Gasteiger partial charge < -0.3 is 34.6 Å². The summed E-state index contributed by atoms with van der Waals surface area (Å²) in [5.41, 5.74) is 1.25. The molecule has 0 aromatic heterocycles. The molecule has 0 amide bonds. The summed E-state index contributed by atoms with van der Waals surface area (Å²) in [6.45, 7) is 0.201. The molecule has 3 aromatic carbocycles. The van der Waals surface area contributed by atoms with Gasteiger partial charge in [-0.15, -0.1) is 13.2 Å². The van der Waals surface area contributed by atoms with Crippen molar-refractivity contribution in [3.05, 3.63) is 82.4 Å². The Hall–Kier alpha value is -4.32. The third-order valence-corrected chi connectivity index (χ3v) is 6.29. The number of carbonyl (C=O) groups is 1. The number of halogens is 5. The van der Waals surface area contributed by atoms with Crippen LogP contribution >= 0.6 is 11.6 Å². The van der Waals surface area contributed by atoms with Gasteiger partial charge in [-0.1, -0.05) is 23.7 Å². The van der Waals surface area contributed by atoms with Crippen LogP contribution in [-0.2, 0) is 11.2 Å². The highest BCUT2D eigenvalue weighted by molar-refractivity contribution is 6.30. The van der Waals surface area contributed by atoms with Crippen LogP contribution in [0, 0.1) is 5.82 Å². The number of carboxylic acid groups (broad SMARTS) is 1. The van der Waals surface area contributed by atoms with E-state index < -0.39 is 29.8 Å². The number of nitrogens with zero attached hydrogens (tertiary/aromatic N) is 1. The van der Waals surface area contributed by atoms with Gasteiger partial charge in [-0.25, -0.2) is 4.39 Å². The Bertz CT molecular complexity index is 1450. The third kappa shape index (κ3) is 7.66. The first-order valence-electron chi connectivity index (χ1n) is 12.3. The molecule has 0 fully saturated rings. The summed E-state index contributed by atoms with van der Waals surface area (Å²) in [4.78, 5) is 12.0. The van der Waals surface area contributed by atoms with Gasteiger partial charge in [0.1, 0.15) is 11.5 Å². The minimum absolute atomic E-state index is 0.0437. The Morgan fingerprint density at radius 2 is 1.83 bits per heavy atom. The lowest BCUT2D eigenvalue weighted by Gasteiger charge is -2.31. The van der Waals surface area contributed by atoms with E-state index >= 15 is 0 Å². The summed E-state index contributed by atoms with van der Waals surface area (Å²) >= 11 is 6.04. The lowest BCUT2D eigenvalue weighted by molar-refractivity contribution is -0.303. The molecule has 3 aromatic rings. The van der Waals surface area contributed by atoms with E-state index in [0.29, 0.717) is 33.3 Å². The Kier molecular flexibility index (Phi) is 9.01. The van der Waals surface area contributed by atoms with Crippen molar-refractivity contribution in [2.24, 2.45) is 0 Å². The van der Waals surface area contributed by atoms with Crippen molar-refractivity contribution >= 4 is 34.6 Å². The molecule has 4 rings (SSSR count). The van der Waals surface area contributed by atoms with Crippen molar-refractivity contribution in [1.29, 1.82) is 0 Å². The number of carboxylic acids is 1. The zero-order valence-corrected chi connectivity index (χ0v) is 22.3. The Morgan fingerprint density at radius 1 is 1.12 bits per heavy atom. The number of anilines is 2. The number of hydrogen-bond donors (Lipinski definition) is 2. The first kappa shape index (κ1) is 29.7. The third-order valence-electron chi connectivity index (χ3n) is 6.04. The van der Waals surface area contributed by atoms with E-state index in [0.717, 1.165) is 12.1 Å². The quantitative estimate of drug-likeness (QED) is 0.163. The number of benzene rings is 3. The van der Waals surface area contributed by atoms with E-state index in [1.54, 1.807) is 42.5 Å². The van der Waals surface area contributed by atoms with Crippen LogP contribution in [0.25, 0.3) is 5.70 Å². The molecule has 0 unspecified atom stereocenters. The number of methoxy groups -OCH3 is 1. The van der Waals surface area contributed by atoms with Gasteiger partial charge in [0.15, 0.2) is 11.6 Å². The van der Waals surface area contributed by atoms with Crippen LogP contribution in [0.1, 0.15) is 24.0 Å². The molecule has 0 atom stereocenters. The van der Waals surface area contributed by atoms with E-state index in [2.05, 4.69) is 10.1 Å². The number of nitrogens with one attached hydrogen (secondary N) is 1. The average molecular weight is 596 g/mol. The number of hydrogen-bond acceptors (Lipinski definition) is 7. The van der Waals surface area contributed by atoms with Gasteiger partial charge in [0.2, 0.25) is 0 Å². The molecule has 8 nitrogen and oxygen atoms in total. The molecule has 2 N–H and O–H groups in total. The molecular formula is C28H24ClF4N2O6-. The van der Waals surface area contributed by atoms with Crippen molar-refractivity contribution in [1.82, 2.24) is 0 Å². The summed E-state index contributed by atoms with van der Waals surface area (Å²) in [6.07, 6.45) is -4.71. The van der Waals surface area contributed by atoms with Crippen LogP contribution in [0.5, 0.6) is 17.2 Å². The normalized spacial score (nSPS) is 13.4. The second-order valence-electron chi connectivity index (χ2n) is 8.92. The van der Waals surface area contributed by atoms with Crippen molar-refractivity contribution in [2.45, 2.75) is 25.6 Å². The predicted molar refractivity (Wildman–Crippen MR) is 141 cm³/mol. The molecule has 1 heterocycles. The Balaban J connectivity index is 1.72. The molecule has 0 aliphatic carbocycles. The second kappa shape index (κ2) is 12.5. The SMILES string of the molecule is COc1cc(NC(=C([O-])N2CCc3cc(F)c(OC(F)(F)F)cc32)c2ccc(Cl)cc2)cc(OCCCC(=O)O)c1. The lowest BCUT2D eigenvalue weighted by atomic mass is 10.1. The Labute approximate surface area is 237 Å². The molecule has 41 heavy (non-hydrogen) atoms. The summed E-state index contributed by atoms with van der Waals surface area (Å²) in [6, 6.07) is 12.9. The van der Waals surface area contributed by atoms with E-state index in [-0.39, 0.29) is 43.8 Å². The zero-order valence-electron chi connectivity index (χ0n) is 21.6. The fourth-order valence-electron chi connectivity index (χ4n) is 4.21. The number of ether oxygens (including phenoxy) is 3. The minimum Gasteiger partial charge on any atom is -0.859 e. The van der Waals surface area contributed by atoms with E-state index in [4.69, 9.17) is 26.2 Å². The van der Waals surface area contributed by atoms with Crippen molar-refractivity contribution in [3.63, 3.8) is 0 Å². The maximum Gasteiger partial charge on any atom is 0.573 e. The van der Waals surface area contributed by atoms with Crippen molar-refractivity contribution < 1.29 is 46.8 Å². The zero-order chi connectivity index (χ0) is 29.7. The first-order chi connectivity index (χ1) is 19.4. The van der Waals surface area contributed by atoms with Gasteiger partial charge in [-0.3, -0.25) is 4.79 Å². The van der Waals surface area contributed by atoms with Gasteiger partial charge in [-0.05, 0) is 48.1 Å². The smallest absolute Gasteiger partial charge is 0.573 e. The van der Waals surface area contributed by atoms with E-state index in [1.165, 1.54) is 12.0 Å². The van der Waals surface area contributed by atoms with Crippen molar-refractivity contribution in [3.8, 4) is 17.2 Å². The molecule has 0 radical (unpaired) electrons. The highest BCUT2D eigenvalue weighted by Gasteiger charge is 2.34. The summed E-state index contributed by atoms with van der Waals surface area (Å²) in [7, 11) is 1.43. The van der Waals surface area contributed by atoms with Gasteiger partial charge in [0.05, 0.1) is 19.4 Å². The largest absolute Gasteiger partial charge is 0.859 e. The average Bonchev–Trinajstić information content (AvgIpc) is 3.31. The fraction of sp³-hybridized carbons (Fsp3) is 0.250.